The summed E-state index contributed by atoms with van der Waals surface area (Å²) in [5, 5.41) is 3.02. The van der Waals surface area contributed by atoms with E-state index in [0.717, 1.165) is 19.3 Å². The van der Waals surface area contributed by atoms with Crippen LogP contribution in [-0.2, 0) is 11.2 Å². The van der Waals surface area contributed by atoms with Gasteiger partial charge in [-0.3, -0.25) is 4.79 Å². The Bertz CT molecular complexity index is 487. The van der Waals surface area contributed by atoms with E-state index in [1.54, 1.807) is 0 Å². The van der Waals surface area contributed by atoms with Gasteiger partial charge in [-0.15, -0.1) is 0 Å². The molecule has 1 aromatic carbocycles. The zero-order valence-electron chi connectivity index (χ0n) is 11.2. The monoisotopic (exact) mass is 276 g/mol. The van der Waals surface area contributed by atoms with Crippen LogP contribution >= 0.6 is 12.2 Å². The van der Waals surface area contributed by atoms with Gasteiger partial charge < -0.3 is 11.1 Å². The first kappa shape index (κ1) is 14.0. The number of thiocarbonyl (C=S) groups is 1. The van der Waals surface area contributed by atoms with E-state index in [4.69, 9.17) is 18.0 Å². The molecule has 0 bridgehead atoms. The summed E-state index contributed by atoms with van der Waals surface area (Å²) < 4.78 is 0. The van der Waals surface area contributed by atoms with Gasteiger partial charge in [0.15, 0.2) is 0 Å². The van der Waals surface area contributed by atoms with Crippen LogP contribution in [0.2, 0.25) is 0 Å². The minimum Gasteiger partial charge on any atom is -0.393 e. The highest BCUT2D eigenvalue weighted by Crippen LogP contribution is 2.31. The Morgan fingerprint density at radius 1 is 1.53 bits per heavy atom. The molecule has 4 heteroatoms. The largest absolute Gasteiger partial charge is 0.393 e. The van der Waals surface area contributed by atoms with Crippen LogP contribution in [0.4, 0.5) is 0 Å². The smallest absolute Gasteiger partial charge is 0.227 e. The molecule has 1 aliphatic rings. The third-order valence-electron chi connectivity index (χ3n) is 3.58. The van der Waals surface area contributed by atoms with Crippen LogP contribution in [0, 0.1) is 0 Å². The fourth-order valence-electron chi connectivity index (χ4n) is 2.72. The second-order valence-electron chi connectivity index (χ2n) is 5.22. The van der Waals surface area contributed by atoms with Gasteiger partial charge in [-0.2, -0.15) is 0 Å². The predicted molar refractivity (Wildman–Crippen MR) is 81.1 cm³/mol. The molecule has 0 spiro atoms. The Morgan fingerprint density at radius 2 is 2.26 bits per heavy atom. The number of rotatable bonds is 4. The first-order valence-electron chi connectivity index (χ1n) is 6.74. The molecular weight excluding hydrogens is 256 g/mol. The summed E-state index contributed by atoms with van der Waals surface area (Å²) in [4.78, 5) is 12.8. The molecule has 0 saturated heterocycles. The molecule has 3 N–H and O–H groups in total. The Hall–Kier alpha value is -1.42. The zero-order valence-corrected chi connectivity index (χ0v) is 12.0. The topological polar surface area (TPSA) is 55.1 Å². The van der Waals surface area contributed by atoms with E-state index in [1.165, 1.54) is 11.1 Å². The number of carbonyl (C=O) groups is 1. The molecule has 3 nitrogen and oxygen atoms in total. The van der Waals surface area contributed by atoms with Crippen molar-refractivity contribution < 1.29 is 4.79 Å². The first-order chi connectivity index (χ1) is 9.08. The Labute approximate surface area is 119 Å². The summed E-state index contributed by atoms with van der Waals surface area (Å²) in [5.74, 6) is 0.0645. The van der Waals surface area contributed by atoms with Crippen molar-refractivity contribution in [2.75, 3.05) is 0 Å². The summed E-state index contributed by atoms with van der Waals surface area (Å²) in [7, 11) is 0. The minimum atomic E-state index is -0.0289. The van der Waals surface area contributed by atoms with Crippen LogP contribution in [0.5, 0.6) is 0 Å². The van der Waals surface area contributed by atoms with E-state index in [-0.39, 0.29) is 17.9 Å². The lowest BCUT2D eigenvalue weighted by molar-refractivity contribution is -0.123. The highest BCUT2D eigenvalue weighted by Gasteiger charge is 2.26. The molecule has 1 aromatic rings. The summed E-state index contributed by atoms with van der Waals surface area (Å²) in [6.45, 7) is 1.94. The van der Waals surface area contributed by atoms with E-state index >= 15 is 0 Å². The van der Waals surface area contributed by atoms with Gasteiger partial charge in [0.1, 0.15) is 0 Å². The molecule has 1 aliphatic carbocycles. The van der Waals surface area contributed by atoms with Gasteiger partial charge in [0.2, 0.25) is 5.91 Å². The van der Waals surface area contributed by atoms with Crippen LogP contribution in [0.25, 0.3) is 0 Å². The number of nitrogens with one attached hydrogen (secondary N) is 1. The standard InChI is InChI=1S/C15H20N2OS/c1-10(9-14(16)19)17-15(18)13-8-4-6-11-5-2-3-7-12(11)13/h2-3,5,7,10,13H,4,6,8-9H2,1H3,(H2,16,19)(H,17,18). The van der Waals surface area contributed by atoms with Gasteiger partial charge >= 0.3 is 0 Å². The third-order valence-corrected chi connectivity index (χ3v) is 3.75. The average molecular weight is 276 g/mol. The molecule has 0 aliphatic heterocycles. The van der Waals surface area contributed by atoms with Crippen molar-refractivity contribution in [2.45, 2.75) is 44.6 Å². The number of hydrogen-bond acceptors (Lipinski definition) is 2. The Kier molecular flexibility index (Phi) is 4.53. The summed E-state index contributed by atoms with van der Waals surface area (Å²) >= 11 is 4.87. The lowest BCUT2D eigenvalue weighted by atomic mass is 9.82. The van der Waals surface area contributed by atoms with Crippen LogP contribution in [0.3, 0.4) is 0 Å². The molecule has 0 aromatic heterocycles. The van der Waals surface area contributed by atoms with Crippen molar-refractivity contribution in [3.8, 4) is 0 Å². The fourth-order valence-corrected chi connectivity index (χ4v) is 2.97. The van der Waals surface area contributed by atoms with Crippen LogP contribution in [-0.4, -0.2) is 16.9 Å². The molecular formula is C15H20N2OS. The lowest BCUT2D eigenvalue weighted by Gasteiger charge is -2.26. The lowest BCUT2D eigenvalue weighted by Crippen LogP contribution is -2.39. The molecule has 2 unspecified atom stereocenters. The van der Waals surface area contributed by atoms with Gasteiger partial charge in [-0.25, -0.2) is 0 Å². The highest BCUT2D eigenvalue weighted by molar-refractivity contribution is 7.80. The molecule has 0 saturated carbocycles. The Balaban J connectivity index is 2.06. The minimum absolute atomic E-state index is 0.000844. The fraction of sp³-hybridized carbons (Fsp3) is 0.467. The van der Waals surface area contributed by atoms with Crippen LogP contribution in [0.1, 0.15) is 43.2 Å². The van der Waals surface area contributed by atoms with E-state index in [1.807, 2.05) is 19.1 Å². The van der Waals surface area contributed by atoms with E-state index in [0.29, 0.717) is 11.4 Å². The molecule has 2 atom stereocenters. The first-order valence-corrected chi connectivity index (χ1v) is 7.15. The van der Waals surface area contributed by atoms with Crippen molar-refractivity contribution in [1.29, 1.82) is 0 Å². The molecule has 0 radical (unpaired) electrons. The van der Waals surface area contributed by atoms with Crippen molar-refractivity contribution in [1.82, 2.24) is 5.32 Å². The number of nitrogens with two attached hydrogens (primary N) is 1. The zero-order chi connectivity index (χ0) is 13.8. The van der Waals surface area contributed by atoms with Gasteiger partial charge in [0.05, 0.1) is 10.9 Å². The third kappa shape index (κ3) is 3.53. The van der Waals surface area contributed by atoms with Gasteiger partial charge in [-0.05, 0) is 37.3 Å². The summed E-state index contributed by atoms with van der Waals surface area (Å²) in [6, 6.07) is 8.22. The predicted octanol–water partition coefficient (Wildman–Crippen LogP) is 2.29. The maximum absolute atomic E-state index is 12.4. The number of fused-ring (bicyclic) bond motifs is 1. The Morgan fingerprint density at radius 3 is 3.00 bits per heavy atom. The summed E-state index contributed by atoms with van der Waals surface area (Å²) in [6.07, 6.45) is 3.61. The van der Waals surface area contributed by atoms with Crippen molar-refractivity contribution in [3.63, 3.8) is 0 Å². The van der Waals surface area contributed by atoms with E-state index < -0.39 is 0 Å². The van der Waals surface area contributed by atoms with Gasteiger partial charge in [0.25, 0.3) is 0 Å². The van der Waals surface area contributed by atoms with E-state index in [2.05, 4.69) is 17.4 Å². The molecule has 2 rings (SSSR count). The number of amides is 1. The highest BCUT2D eigenvalue weighted by atomic mass is 32.1. The quantitative estimate of drug-likeness (QED) is 0.830. The molecule has 0 heterocycles. The molecule has 19 heavy (non-hydrogen) atoms. The van der Waals surface area contributed by atoms with Gasteiger partial charge in [-0.1, -0.05) is 36.5 Å². The molecule has 102 valence electrons. The van der Waals surface area contributed by atoms with Crippen LogP contribution in [0.15, 0.2) is 24.3 Å². The second kappa shape index (κ2) is 6.15. The maximum Gasteiger partial charge on any atom is 0.227 e. The number of hydrogen-bond donors (Lipinski definition) is 2. The maximum atomic E-state index is 12.4. The van der Waals surface area contributed by atoms with Crippen molar-refractivity contribution in [2.24, 2.45) is 5.73 Å². The normalized spacial score (nSPS) is 19.3. The van der Waals surface area contributed by atoms with Crippen molar-refractivity contribution >= 4 is 23.1 Å². The molecule has 1 amide bonds. The van der Waals surface area contributed by atoms with Gasteiger partial charge in [0, 0.05) is 12.5 Å². The number of benzene rings is 1. The number of aryl methyl sites for hydroxylation is 1. The van der Waals surface area contributed by atoms with Crippen molar-refractivity contribution in [3.05, 3.63) is 35.4 Å². The molecule has 0 fully saturated rings. The number of carbonyl (C=O) groups excluding carboxylic acids is 1. The SMILES string of the molecule is CC(CC(N)=S)NC(=O)C1CCCc2ccccc21. The van der Waals surface area contributed by atoms with E-state index in [9.17, 15) is 4.79 Å². The van der Waals surface area contributed by atoms with Crippen LogP contribution < -0.4 is 11.1 Å². The second-order valence-corrected chi connectivity index (χ2v) is 5.75. The average Bonchev–Trinajstić information content (AvgIpc) is 2.36. The summed E-state index contributed by atoms with van der Waals surface area (Å²) in [5.41, 5.74) is 7.98.